The normalized spacial score (nSPS) is 10.2. The van der Waals surface area contributed by atoms with E-state index < -0.39 is 0 Å². The minimum Gasteiger partial charge on any atom is -0.440 e. The molecule has 1 rings (SSSR count). The third kappa shape index (κ3) is 1.73. The van der Waals surface area contributed by atoms with Gasteiger partial charge in [0.25, 0.3) is 0 Å². The van der Waals surface area contributed by atoms with Crippen LogP contribution < -0.4 is 16.4 Å². The summed E-state index contributed by atoms with van der Waals surface area (Å²) < 4.78 is 5.14. The van der Waals surface area contributed by atoms with Gasteiger partial charge in [-0.2, -0.15) is 15.8 Å². The minimum atomic E-state index is -0.170. The van der Waals surface area contributed by atoms with Crippen LogP contribution in [0.1, 0.15) is 18.9 Å². The van der Waals surface area contributed by atoms with Crippen molar-refractivity contribution in [1.29, 1.82) is 15.8 Å². The molecular weight excluding hydrogens is 204 g/mol. The monoisotopic (exact) mass is 212 g/mol. The van der Waals surface area contributed by atoms with E-state index in [9.17, 15) is 0 Å². The maximum absolute atomic E-state index is 8.88. The average molecular weight is 212 g/mol. The van der Waals surface area contributed by atoms with Crippen molar-refractivity contribution >= 4 is 17.5 Å². The molecule has 0 bridgehead atoms. The first-order valence-corrected chi connectivity index (χ1v) is 4.52. The molecular formula is C11H8N4O. The Bertz CT molecular complexity index is 630. The van der Waals surface area contributed by atoms with Crippen LogP contribution in [-0.2, 0) is 0 Å². The van der Waals surface area contributed by atoms with Crippen LogP contribution in [0.15, 0.2) is 4.42 Å². The zero-order valence-corrected chi connectivity index (χ0v) is 8.61. The summed E-state index contributed by atoms with van der Waals surface area (Å²) in [5, 5.41) is 26.6. The smallest absolute Gasteiger partial charge is 0.209 e. The van der Waals surface area contributed by atoms with E-state index >= 15 is 0 Å². The van der Waals surface area contributed by atoms with Crippen molar-refractivity contribution < 1.29 is 4.42 Å². The summed E-state index contributed by atoms with van der Waals surface area (Å²) in [5.41, 5.74) is 5.66. The fourth-order valence-electron chi connectivity index (χ4n) is 1.29. The van der Waals surface area contributed by atoms with Gasteiger partial charge in [-0.15, -0.1) is 0 Å². The number of nitrogens with zero attached hydrogens (tertiary/aromatic N) is 3. The lowest BCUT2D eigenvalue weighted by Crippen LogP contribution is -2.24. The van der Waals surface area contributed by atoms with Gasteiger partial charge in [-0.25, -0.2) is 0 Å². The van der Waals surface area contributed by atoms with E-state index in [1.807, 2.05) is 13.0 Å². The highest BCUT2D eigenvalue weighted by molar-refractivity contribution is 5.75. The second kappa shape index (κ2) is 4.68. The second-order valence-electron chi connectivity index (χ2n) is 2.90. The molecule has 0 aliphatic heterocycles. The lowest BCUT2D eigenvalue weighted by atomic mass is 10.1. The van der Waals surface area contributed by atoms with Crippen molar-refractivity contribution in [2.45, 2.75) is 13.3 Å². The number of nitrogens with two attached hydrogens (primary N) is 1. The number of hydrogen-bond acceptors (Lipinski definition) is 5. The van der Waals surface area contributed by atoms with Crippen LogP contribution in [0.4, 0.5) is 5.88 Å². The molecule has 0 aromatic carbocycles. The molecule has 0 atom stereocenters. The lowest BCUT2D eigenvalue weighted by Gasteiger charge is -1.81. The van der Waals surface area contributed by atoms with Gasteiger partial charge in [0, 0.05) is 0 Å². The van der Waals surface area contributed by atoms with E-state index in [0.717, 1.165) is 0 Å². The summed E-state index contributed by atoms with van der Waals surface area (Å²) in [7, 11) is 0. The zero-order chi connectivity index (χ0) is 12.1. The van der Waals surface area contributed by atoms with Gasteiger partial charge in [-0.1, -0.05) is 6.92 Å². The Hall–Kier alpha value is -2.71. The molecule has 2 N–H and O–H groups in total. The van der Waals surface area contributed by atoms with Crippen molar-refractivity contribution in [2.75, 3.05) is 5.73 Å². The predicted molar refractivity (Wildman–Crippen MR) is 56.5 cm³/mol. The van der Waals surface area contributed by atoms with Crippen LogP contribution in [0.5, 0.6) is 0 Å². The Labute approximate surface area is 91.9 Å². The largest absolute Gasteiger partial charge is 0.440 e. The van der Waals surface area contributed by atoms with E-state index in [2.05, 4.69) is 0 Å². The number of nitrogen functional groups attached to an aromatic ring is 1. The van der Waals surface area contributed by atoms with Crippen molar-refractivity contribution in [3.8, 4) is 18.2 Å². The first-order valence-electron chi connectivity index (χ1n) is 4.52. The van der Waals surface area contributed by atoms with Gasteiger partial charge in [0.1, 0.15) is 34.8 Å². The van der Waals surface area contributed by atoms with Crippen LogP contribution in [0.25, 0.3) is 11.6 Å². The van der Waals surface area contributed by atoms with Crippen molar-refractivity contribution in [1.82, 2.24) is 0 Å². The fraction of sp³-hybridized carbons (Fsp3) is 0.182. The number of furan rings is 1. The van der Waals surface area contributed by atoms with Crippen LogP contribution >= 0.6 is 0 Å². The van der Waals surface area contributed by atoms with Crippen LogP contribution in [0.3, 0.4) is 0 Å². The first kappa shape index (κ1) is 11.4. The van der Waals surface area contributed by atoms with Gasteiger partial charge in [0.2, 0.25) is 5.88 Å². The molecule has 1 aromatic heterocycles. The molecule has 0 saturated heterocycles. The maximum atomic E-state index is 8.88. The Morgan fingerprint density at radius 2 is 2.00 bits per heavy atom. The Morgan fingerprint density at radius 1 is 1.38 bits per heavy atom. The topological polar surface area (TPSA) is 111 Å². The molecule has 0 unspecified atom stereocenters. The van der Waals surface area contributed by atoms with Gasteiger partial charge < -0.3 is 10.2 Å². The van der Waals surface area contributed by atoms with E-state index in [4.69, 9.17) is 25.9 Å². The van der Waals surface area contributed by atoms with Crippen LogP contribution in [-0.4, -0.2) is 0 Å². The highest BCUT2D eigenvalue weighted by Gasteiger charge is 2.11. The Morgan fingerprint density at radius 3 is 2.44 bits per heavy atom. The van der Waals surface area contributed by atoms with E-state index in [1.165, 1.54) is 0 Å². The van der Waals surface area contributed by atoms with E-state index in [1.54, 1.807) is 18.2 Å². The molecule has 0 radical (unpaired) electrons. The number of rotatable bonds is 1. The van der Waals surface area contributed by atoms with Gasteiger partial charge in [0.05, 0.1) is 5.22 Å². The summed E-state index contributed by atoms with van der Waals surface area (Å²) in [6.07, 6.45) is 2.32. The first-order chi connectivity index (χ1) is 7.69. The molecule has 78 valence electrons. The summed E-state index contributed by atoms with van der Waals surface area (Å²) >= 11 is 0. The summed E-state index contributed by atoms with van der Waals surface area (Å²) in [5.74, 6) is -0.0693. The molecule has 1 heterocycles. The second-order valence-corrected chi connectivity index (χ2v) is 2.90. The third-order valence-electron chi connectivity index (χ3n) is 1.94. The fourth-order valence-corrected chi connectivity index (χ4v) is 1.29. The summed E-state index contributed by atoms with van der Waals surface area (Å²) in [4.78, 5) is 0. The van der Waals surface area contributed by atoms with Gasteiger partial charge >= 0.3 is 0 Å². The van der Waals surface area contributed by atoms with Crippen molar-refractivity contribution in [3.63, 3.8) is 0 Å². The Balaban J connectivity index is 3.97. The third-order valence-corrected chi connectivity index (χ3v) is 1.94. The molecule has 16 heavy (non-hydrogen) atoms. The molecule has 0 fully saturated rings. The Kier molecular flexibility index (Phi) is 3.33. The quantitative estimate of drug-likeness (QED) is 0.710. The number of hydrogen-bond donors (Lipinski definition) is 1. The maximum Gasteiger partial charge on any atom is 0.209 e. The predicted octanol–water partition coefficient (Wildman–Crippen LogP) is 0.122. The molecule has 0 spiro atoms. The average Bonchev–Trinajstić information content (AvgIpc) is 2.58. The summed E-state index contributed by atoms with van der Waals surface area (Å²) in [6.45, 7) is 1.87. The van der Waals surface area contributed by atoms with E-state index in [-0.39, 0.29) is 22.2 Å². The van der Waals surface area contributed by atoms with Crippen molar-refractivity contribution in [3.05, 3.63) is 16.2 Å². The molecule has 1 aromatic rings. The van der Waals surface area contributed by atoms with Gasteiger partial charge in [-0.05, 0) is 12.5 Å². The van der Waals surface area contributed by atoms with Gasteiger partial charge in [0.15, 0.2) is 0 Å². The zero-order valence-electron chi connectivity index (χ0n) is 8.61. The van der Waals surface area contributed by atoms with Gasteiger partial charge in [-0.3, -0.25) is 0 Å². The standard InChI is InChI=1S/C11H8N4O/c1-2-3-9-10(7(4-12)5-13)8(6-14)11(15)16-9/h3H,2,15H2,1H3. The highest BCUT2D eigenvalue weighted by Crippen LogP contribution is 2.03. The number of anilines is 1. The van der Waals surface area contributed by atoms with Crippen LogP contribution in [0, 0.1) is 34.0 Å². The minimum absolute atomic E-state index is 0.0396. The summed E-state index contributed by atoms with van der Waals surface area (Å²) in [6, 6.07) is 5.28. The highest BCUT2D eigenvalue weighted by atomic mass is 16.3. The lowest BCUT2D eigenvalue weighted by molar-refractivity contribution is 0.548. The molecule has 0 amide bonds. The van der Waals surface area contributed by atoms with Crippen molar-refractivity contribution in [2.24, 2.45) is 0 Å². The molecule has 0 saturated carbocycles. The van der Waals surface area contributed by atoms with Crippen LogP contribution in [0.2, 0.25) is 0 Å². The van der Waals surface area contributed by atoms with E-state index in [0.29, 0.717) is 11.8 Å². The SMILES string of the molecule is CCC=c1oc(N)c(C#N)c1=C(C#N)C#N. The molecule has 5 nitrogen and oxygen atoms in total. The molecule has 0 aliphatic carbocycles. The molecule has 0 aliphatic rings. The number of nitriles is 3. The molecule has 5 heteroatoms.